The van der Waals surface area contributed by atoms with Crippen molar-refractivity contribution in [2.24, 2.45) is 5.92 Å². The van der Waals surface area contributed by atoms with Gasteiger partial charge in [0, 0.05) is 25.7 Å². The van der Waals surface area contributed by atoms with Crippen LogP contribution in [0, 0.1) is 11.7 Å². The molecule has 7 nitrogen and oxygen atoms in total. The monoisotopic (exact) mass is 448 g/mol. The summed E-state index contributed by atoms with van der Waals surface area (Å²) in [5.41, 5.74) is 3.35. The Morgan fingerprint density at radius 1 is 1.06 bits per heavy atom. The van der Waals surface area contributed by atoms with Gasteiger partial charge in [-0.2, -0.15) is 9.97 Å². The van der Waals surface area contributed by atoms with Crippen LogP contribution in [0.15, 0.2) is 60.9 Å². The zero-order valence-corrected chi connectivity index (χ0v) is 18.9. The Balaban J connectivity index is 1.64. The van der Waals surface area contributed by atoms with E-state index in [9.17, 15) is 9.50 Å². The lowest BCUT2D eigenvalue weighted by Crippen LogP contribution is -2.32. The van der Waals surface area contributed by atoms with Crippen molar-refractivity contribution in [3.05, 3.63) is 77.9 Å². The molecule has 0 spiro atoms. The third kappa shape index (κ3) is 5.46. The van der Waals surface area contributed by atoms with Gasteiger partial charge in [-0.15, -0.1) is 0 Å². The SMILES string of the molecule is CCn1cnc2c(NCc3cccc(F)c3)nc(NC(Cc3ccccc3)C(C)CO)nc21. The molecule has 0 aliphatic rings. The maximum absolute atomic E-state index is 13.6. The number of aromatic nitrogens is 4. The average molecular weight is 449 g/mol. The van der Waals surface area contributed by atoms with Crippen LogP contribution in [-0.2, 0) is 19.5 Å². The number of rotatable bonds is 10. The number of aliphatic hydroxyl groups excluding tert-OH is 1. The topological polar surface area (TPSA) is 87.9 Å². The Hall–Kier alpha value is -3.52. The number of aryl methyl sites for hydroxylation is 1. The molecule has 3 N–H and O–H groups in total. The summed E-state index contributed by atoms with van der Waals surface area (Å²) in [6.45, 7) is 5.20. The fourth-order valence-corrected chi connectivity index (χ4v) is 3.75. The summed E-state index contributed by atoms with van der Waals surface area (Å²) in [4.78, 5) is 13.9. The second kappa shape index (κ2) is 10.4. The lowest BCUT2D eigenvalue weighted by atomic mass is 9.95. The minimum atomic E-state index is -0.276. The highest BCUT2D eigenvalue weighted by Crippen LogP contribution is 2.23. The molecule has 33 heavy (non-hydrogen) atoms. The van der Waals surface area contributed by atoms with Gasteiger partial charge in [0.1, 0.15) is 5.82 Å². The smallest absolute Gasteiger partial charge is 0.227 e. The van der Waals surface area contributed by atoms with Crippen molar-refractivity contribution in [2.75, 3.05) is 17.2 Å². The van der Waals surface area contributed by atoms with E-state index in [0.717, 1.165) is 18.5 Å². The average Bonchev–Trinajstić information content (AvgIpc) is 3.25. The first-order valence-corrected chi connectivity index (χ1v) is 11.2. The molecule has 2 heterocycles. The number of benzene rings is 2. The summed E-state index contributed by atoms with van der Waals surface area (Å²) in [6.07, 6.45) is 2.47. The van der Waals surface area contributed by atoms with E-state index in [1.807, 2.05) is 42.7 Å². The van der Waals surface area contributed by atoms with E-state index in [4.69, 9.17) is 9.97 Å². The lowest BCUT2D eigenvalue weighted by Gasteiger charge is -2.24. The van der Waals surface area contributed by atoms with Crippen LogP contribution in [0.5, 0.6) is 0 Å². The van der Waals surface area contributed by atoms with Crippen molar-refractivity contribution in [1.82, 2.24) is 19.5 Å². The van der Waals surface area contributed by atoms with Gasteiger partial charge < -0.3 is 20.3 Å². The van der Waals surface area contributed by atoms with E-state index < -0.39 is 0 Å². The van der Waals surface area contributed by atoms with E-state index in [1.54, 1.807) is 12.4 Å². The minimum absolute atomic E-state index is 0.00991. The first-order valence-electron chi connectivity index (χ1n) is 11.2. The number of aliphatic hydroxyl groups is 1. The van der Waals surface area contributed by atoms with Crippen LogP contribution in [0.25, 0.3) is 11.2 Å². The molecular formula is C25H29FN6O. The zero-order chi connectivity index (χ0) is 23.2. The molecule has 0 radical (unpaired) electrons. The van der Waals surface area contributed by atoms with Gasteiger partial charge in [-0.05, 0) is 42.5 Å². The van der Waals surface area contributed by atoms with Gasteiger partial charge in [-0.25, -0.2) is 9.37 Å². The van der Waals surface area contributed by atoms with Crippen molar-refractivity contribution >= 4 is 22.9 Å². The molecule has 0 fully saturated rings. The summed E-state index contributed by atoms with van der Waals surface area (Å²) in [6, 6.07) is 16.5. The maximum Gasteiger partial charge on any atom is 0.227 e. The fraction of sp³-hybridized carbons (Fsp3) is 0.320. The molecule has 4 aromatic rings. The Morgan fingerprint density at radius 3 is 2.58 bits per heavy atom. The summed E-state index contributed by atoms with van der Waals surface area (Å²) < 4.78 is 15.5. The quantitative estimate of drug-likeness (QED) is 0.336. The highest BCUT2D eigenvalue weighted by Gasteiger charge is 2.20. The number of anilines is 2. The van der Waals surface area contributed by atoms with E-state index in [-0.39, 0.29) is 24.4 Å². The number of hydrogen-bond donors (Lipinski definition) is 3. The molecule has 0 amide bonds. The first-order chi connectivity index (χ1) is 16.1. The highest BCUT2D eigenvalue weighted by molar-refractivity contribution is 5.84. The molecule has 0 saturated carbocycles. The van der Waals surface area contributed by atoms with Gasteiger partial charge in [0.2, 0.25) is 5.95 Å². The second-order valence-corrected chi connectivity index (χ2v) is 8.18. The van der Waals surface area contributed by atoms with E-state index in [2.05, 4.69) is 27.8 Å². The highest BCUT2D eigenvalue weighted by atomic mass is 19.1. The summed E-state index contributed by atoms with van der Waals surface area (Å²) in [5, 5.41) is 16.6. The number of fused-ring (bicyclic) bond motifs is 1. The summed E-state index contributed by atoms with van der Waals surface area (Å²) in [7, 11) is 0. The van der Waals surface area contributed by atoms with Crippen molar-refractivity contribution in [1.29, 1.82) is 0 Å². The number of imidazole rings is 1. The number of halogens is 1. The second-order valence-electron chi connectivity index (χ2n) is 8.18. The molecule has 8 heteroatoms. The van der Waals surface area contributed by atoms with E-state index in [0.29, 0.717) is 29.5 Å². The zero-order valence-electron chi connectivity index (χ0n) is 18.9. The van der Waals surface area contributed by atoms with Gasteiger partial charge in [0.15, 0.2) is 17.0 Å². The molecule has 0 bridgehead atoms. The lowest BCUT2D eigenvalue weighted by molar-refractivity contribution is 0.221. The van der Waals surface area contributed by atoms with E-state index >= 15 is 0 Å². The van der Waals surface area contributed by atoms with Crippen molar-refractivity contribution < 1.29 is 9.50 Å². The molecule has 0 aliphatic carbocycles. The standard InChI is InChI=1S/C25H29FN6O/c1-3-32-16-28-22-23(27-14-19-10-7-11-20(26)12-19)30-25(31-24(22)32)29-21(17(2)15-33)13-18-8-5-4-6-9-18/h4-12,16-17,21,33H,3,13-15H2,1-2H3,(H2,27,29,30,31). The summed E-state index contributed by atoms with van der Waals surface area (Å²) in [5.74, 6) is 0.750. The maximum atomic E-state index is 13.6. The molecule has 2 atom stereocenters. The third-order valence-corrected chi connectivity index (χ3v) is 5.74. The van der Waals surface area contributed by atoms with Crippen LogP contribution in [0.3, 0.4) is 0 Å². The van der Waals surface area contributed by atoms with Crippen molar-refractivity contribution in [2.45, 2.75) is 39.4 Å². The van der Waals surface area contributed by atoms with Gasteiger partial charge in [0.25, 0.3) is 0 Å². The van der Waals surface area contributed by atoms with Crippen LogP contribution >= 0.6 is 0 Å². The molecule has 172 valence electrons. The van der Waals surface area contributed by atoms with Gasteiger partial charge >= 0.3 is 0 Å². The molecule has 2 aromatic heterocycles. The molecule has 0 saturated heterocycles. The largest absolute Gasteiger partial charge is 0.396 e. The Morgan fingerprint density at radius 2 is 1.85 bits per heavy atom. The molecule has 2 unspecified atom stereocenters. The molecular weight excluding hydrogens is 419 g/mol. The predicted octanol–water partition coefficient (Wildman–Crippen LogP) is 4.25. The number of hydrogen-bond acceptors (Lipinski definition) is 6. The van der Waals surface area contributed by atoms with Gasteiger partial charge in [0.05, 0.1) is 6.33 Å². The predicted molar refractivity (Wildman–Crippen MR) is 129 cm³/mol. The molecule has 2 aromatic carbocycles. The molecule has 0 aliphatic heterocycles. The third-order valence-electron chi connectivity index (χ3n) is 5.74. The van der Waals surface area contributed by atoms with Crippen LogP contribution in [0.2, 0.25) is 0 Å². The van der Waals surface area contributed by atoms with Crippen LogP contribution in [0.1, 0.15) is 25.0 Å². The number of nitrogens with one attached hydrogen (secondary N) is 2. The Kier molecular flexibility index (Phi) is 7.14. The fourth-order valence-electron chi connectivity index (χ4n) is 3.75. The normalized spacial score (nSPS) is 13.1. The van der Waals surface area contributed by atoms with Gasteiger partial charge in [-0.1, -0.05) is 49.4 Å². The van der Waals surface area contributed by atoms with Crippen LogP contribution < -0.4 is 10.6 Å². The van der Waals surface area contributed by atoms with Crippen molar-refractivity contribution in [3.8, 4) is 0 Å². The molecule has 4 rings (SSSR count). The van der Waals surface area contributed by atoms with E-state index in [1.165, 1.54) is 17.7 Å². The Bertz CT molecular complexity index is 1200. The van der Waals surface area contributed by atoms with Crippen LogP contribution in [-0.4, -0.2) is 37.3 Å². The van der Waals surface area contributed by atoms with Crippen LogP contribution in [0.4, 0.5) is 16.2 Å². The Labute approximate surface area is 192 Å². The van der Waals surface area contributed by atoms with Gasteiger partial charge in [-0.3, -0.25) is 0 Å². The first kappa shape index (κ1) is 22.7. The minimum Gasteiger partial charge on any atom is -0.396 e. The number of nitrogens with zero attached hydrogens (tertiary/aromatic N) is 4. The van der Waals surface area contributed by atoms with Crippen molar-refractivity contribution in [3.63, 3.8) is 0 Å². The summed E-state index contributed by atoms with van der Waals surface area (Å²) >= 11 is 0.